The number of para-hydroxylation sites is 1. The van der Waals surface area contributed by atoms with Crippen LogP contribution in [0.2, 0.25) is 0 Å². The van der Waals surface area contributed by atoms with E-state index in [4.69, 9.17) is 4.74 Å². The van der Waals surface area contributed by atoms with Gasteiger partial charge in [0.1, 0.15) is 5.75 Å². The zero-order chi connectivity index (χ0) is 17.7. The highest BCUT2D eigenvalue weighted by atomic mass is 32.2. The zero-order valence-electron chi connectivity index (χ0n) is 13.4. The van der Waals surface area contributed by atoms with Crippen molar-refractivity contribution in [2.45, 2.75) is 12.8 Å². The van der Waals surface area contributed by atoms with Crippen molar-refractivity contribution in [1.29, 1.82) is 0 Å². The summed E-state index contributed by atoms with van der Waals surface area (Å²) in [5, 5.41) is 11.9. The second kappa shape index (κ2) is 7.65. The molecule has 0 bridgehead atoms. The third-order valence-corrected chi connectivity index (χ3v) is 5.90. The van der Waals surface area contributed by atoms with Crippen LogP contribution in [-0.4, -0.2) is 50.6 Å². The molecule has 1 aliphatic rings. The molecule has 1 aliphatic heterocycles. The molecule has 1 saturated heterocycles. The van der Waals surface area contributed by atoms with Gasteiger partial charge in [-0.15, -0.1) is 0 Å². The topological polar surface area (TPSA) is 110 Å². The van der Waals surface area contributed by atoms with Gasteiger partial charge >= 0.3 is 5.97 Å². The number of nitrogens with one attached hydrogen (secondary N) is 1. The minimum atomic E-state index is -3.15. The van der Waals surface area contributed by atoms with Crippen molar-refractivity contribution in [2.24, 2.45) is 11.8 Å². The Morgan fingerprint density at radius 2 is 2.08 bits per heavy atom. The molecule has 2 N–H and O–H groups in total. The Hall–Kier alpha value is -2.09. The maximum atomic E-state index is 12.0. The van der Waals surface area contributed by atoms with Crippen molar-refractivity contribution in [3.05, 3.63) is 29.8 Å². The Morgan fingerprint density at radius 1 is 1.38 bits per heavy atom. The van der Waals surface area contributed by atoms with Crippen LogP contribution in [-0.2, 0) is 25.8 Å². The molecule has 0 saturated carbocycles. The maximum absolute atomic E-state index is 12.0. The number of methoxy groups -OCH3 is 1. The minimum Gasteiger partial charge on any atom is -0.496 e. The second-order valence-electron chi connectivity index (χ2n) is 5.90. The molecule has 0 radical (unpaired) electrons. The van der Waals surface area contributed by atoms with Crippen LogP contribution in [0.25, 0.3) is 0 Å². The highest BCUT2D eigenvalue weighted by Gasteiger charge is 2.33. The molecule has 24 heavy (non-hydrogen) atoms. The third-order valence-electron chi connectivity index (χ3n) is 4.13. The first-order valence-corrected chi connectivity index (χ1v) is 9.47. The lowest BCUT2D eigenvalue weighted by Gasteiger charge is -2.16. The van der Waals surface area contributed by atoms with E-state index in [-0.39, 0.29) is 24.5 Å². The molecule has 132 valence electrons. The van der Waals surface area contributed by atoms with E-state index < -0.39 is 33.5 Å². The van der Waals surface area contributed by atoms with E-state index in [2.05, 4.69) is 5.32 Å². The molecule has 1 aromatic carbocycles. The van der Waals surface area contributed by atoms with Crippen LogP contribution in [0, 0.1) is 11.8 Å². The average Bonchev–Trinajstić information content (AvgIpc) is 2.91. The summed E-state index contributed by atoms with van der Waals surface area (Å²) in [6, 6.07) is 7.11. The number of aliphatic carboxylic acids is 1. The molecule has 1 aromatic rings. The predicted molar refractivity (Wildman–Crippen MR) is 87.6 cm³/mol. The molecule has 0 aromatic heterocycles. The van der Waals surface area contributed by atoms with Gasteiger partial charge in [0, 0.05) is 6.54 Å². The molecular formula is C16H21NO6S. The van der Waals surface area contributed by atoms with Crippen LogP contribution in [0.15, 0.2) is 24.3 Å². The van der Waals surface area contributed by atoms with Crippen LogP contribution >= 0.6 is 0 Å². The maximum Gasteiger partial charge on any atom is 0.308 e. The van der Waals surface area contributed by atoms with Crippen molar-refractivity contribution in [2.75, 3.05) is 25.2 Å². The molecule has 1 fully saturated rings. The van der Waals surface area contributed by atoms with Gasteiger partial charge in [-0.1, -0.05) is 18.2 Å². The number of carbonyl (C=O) groups is 2. The fourth-order valence-electron chi connectivity index (χ4n) is 2.75. The smallest absolute Gasteiger partial charge is 0.308 e. The number of carbonyl (C=O) groups excluding carboxylic acids is 1. The van der Waals surface area contributed by atoms with Crippen LogP contribution in [0.5, 0.6) is 5.75 Å². The van der Waals surface area contributed by atoms with Crippen molar-refractivity contribution < 1.29 is 27.9 Å². The summed E-state index contributed by atoms with van der Waals surface area (Å²) >= 11 is 0. The Balaban J connectivity index is 1.97. The van der Waals surface area contributed by atoms with Crippen molar-refractivity contribution in [1.82, 2.24) is 5.32 Å². The molecule has 7 nitrogen and oxygen atoms in total. The van der Waals surface area contributed by atoms with E-state index in [1.54, 1.807) is 24.3 Å². The average molecular weight is 355 g/mol. The largest absolute Gasteiger partial charge is 0.496 e. The lowest BCUT2D eigenvalue weighted by atomic mass is 9.98. The number of amides is 1. The van der Waals surface area contributed by atoms with E-state index in [1.165, 1.54) is 7.11 Å². The number of carboxylic acids is 1. The van der Waals surface area contributed by atoms with E-state index in [0.29, 0.717) is 12.2 Å². The van der Waals surface area contributed by atoms with E-state index >= 15 is 0 Å². The standard InChI is InChI=1S/C16H21NO6S/c1-23-14-5-3-2-4-11(14)8-13(16(19)20)9-17-15(18)12-6-7-24(21,22)10-12/h2-5,12-13H,6-10H2,1H3,(H,17,18)(H,19,20). The number of ether oxygens (including phenoxy) is 1. The van der Waals surface area contributed by atoms with Gasteiger partial charge in [-0.05, 0) is 24.5 Å². The fraction of sp³-hybridized carbons (Fsp3) is 0.500. The Bertz CT molecular complexity index is 715. The molecule has 0 aliphatic carbocycles. The number of carboxylic acid groups (broad SMARTS) is 1. The van der Waals surface area contributed by atoms with E-state index in [1.807, 2.05) is 0 Å². The van der Waals surface area contributed by atoms with E-state index in [0.717, 1.165) is 5.56 Å². The summed E-state index contributed by atoms with van der Waals surface area (Å²) in [6.07, 6.45) is 0.501. The predicted octanol–water partition coefficient (Wildman–Crippen LogP) is 0.489. The third kappa shape index (κ3) is 4.70. The van der Waals surface area contributed by atoms with Crippen LogP contribution in [0.3, 0.4) is 0 Å². The first-order valence-electron chi connectivity index (χ1n) is 7.65. The lowest BCUT2D eigenvalue weighted by Crippen LogP contribution is -2.38. The molecule has 2 atom stereocenters. The molecule has 1 amide bonds. The van der Waals surface area contributed by atoms with Crippen molar-refractivity contribution >= 4 is 21.7 Å². The summed E-state index contributed by atoms with van der Waals surface area (Å²) in [5.41, 5.74) is 0.741. The summed E-state index contributed by atoms with van der Waals surface area (Å²) in [5.74, 6) is -2.39. The van der Waals surface area contributed by atoms with Crippen LogP contribution < -0.4 is 10.1 Å². The number of rotatable bonds is 7. The van der Waals surface area contributed by atoms with Crippen LogP contribution in [0.1, 0.15) is 12.0 Å². The van der Waals surface area contributed by atoms with Crippen molar-refractivity contribution in [3.8, 4) is 5.75 Å². The van der Waals surface area contributed by atoms with Gasteiger partial charge in [-0.25, -0.2) is 8.42 Å². The Morgan fingerprint density at radius 3 is 2.67 bits per heavy atom. The summed E-state index contributed by atoms with van der Waals surface area (Å²) < 4.78 is 28.0. The first-order chi connectivity index (χ1) is 11.3. The lowest BCUT2D eigenvalue weighted by molar-refractivity contribution is -0.141. The van der Waals surface area contributed by atoms with E-state index in [9.17, 15) is 23.1 Å². The molecule has 0 spiro atoms. The Kier molecular flexibility index (Phi) is 5.82. The monoisotopic (exact) mass is 355 g/mol. The van der Waals surface area contributed by atoms with Gasteiger partial charge in [0.2, 0.25) is 5.91 Å². The fourth-order valence-corrected chi connectivity index (χ4v) is 4.50. The SMILES string of the molecule is COc1ccccc1CC(CNC(=O)C1CCS(=O)(=O)C1)C(=O)O. The number of sulfone groups is 1. The van der Waals surface area contributed by atoms with Gasteiger partial charge in [0.15, 0.2) is 9.84 Å². The van der Waals surface area contributed by atoms with Gasteiger partial charge in [-0.3, -0.25) is 9.59 Å². The van der Waals surface area contributed by atoms with Crippen molar-refractivity contribution in [3.63, 3.8) is 0 Å². The highest BCUT2D eigenvalue weighted by molar-refractivity contribution is 7.91. The molecule has 1 heterocycles. The molecular weight excluding hydrogens is 334 g/mol. The van der Waals surface area contributed by atoms with Gasteiger partial charge in [0.05, 0.1) is 30.5 Å². The summed E-state index contributed by atoms with van der Waals surface area (Å²) in [7, 11) is -1.64. The molecule has 2 unspecified atom stereocenters. The zero-order valence-corrected chi connectivity index (χ0v) is 14.2. The minimum absolute atomic E-state index is 0.00859. The molecule has 8 heteroatoms. The van der Waals surface area contributed by atoms with Gasteiger partial charge in [-0.2, -0.15) is 0 Å². The summed E-state index contributed by atoms with van der Waals surface area (Å²) in [6.45, 7) is -0.0528. The first kappa shape index (κ1) is 18.3. The summed E-state index contributed by atoms with van der Waals surface area (Å²) in [4.78, 5) is 23.5. The number of hydrogen-bond donors (Lipinski definition) is 2. The van der Waals surface area contributed by atoms with Gasteiger partial charge < -0.3 is 15.2 Å². The Labute approximate surface area is 140 Å². The number of hydrogen-bond acceptors (Lipinski definition) is 5. The normalized spacial score (nSPS) is 20.3. The molecule has 2 rings (SSSR count). The van der Waals surface area contributed by atoms with Crippen LogP contribution in [0.4, 0.5) is 0 Å². The highest BCUT2D eigenvalue weighted by Crippen LogP contribution is 2.22. The number of benzene rings is 1. The van der Waals surface area contributed by atoms with Gasteiger partial charge in [0.25, 0.3) is 0 Å². The second-order valence-corrected chi connectivity index (χ2v) is 8.12. The quantitative estimate of drug-likeness (QED) is 0.737.